The Morgan fingerprint density at radius 1 is 0.944 bits per heavy atom. The fourth-order valence-electron chi connectivity index (χ4n) is 3.38. The number of hydrogen-bond donors (Lipinski definition) is 1. The van der Waals surface area contributed by atoms with Crippen LogP contribution in [0.3, 0.4) is 0 Å². The summed E-state index contributed by atoms with van der Waals surface area (Å²) in [7, 11) is 0. The molecule has 1 N–H and O–H groups in total. The second kappa shape index (κ2) is 7.49. The standard InChI is InChI=1S/C16H32N2/c1-14-11-15(2)13-18(12-14)10-6-4-3-5-9-17-16-7-8-16/h14-17H,3-13H2,1-2H3. The molecule has 0 amide bonds. The van der Waals surface area contributed by atoms with Gasteiger partial charge in [-0.3, -0.25) is 0 Å². The molecule has 2 rings (SSSR count). The van der Waals surface area contributed by atoms with Crippen molar-refractivity contribution >= 4 is 0 Å². The van der Waals surface area contributed by atoms with Crippen LogP contribution in [0.5, 0.6) is 0 Å². The van der Waals surface area contributed by atoms with E-state index in [4.69, 9.17) is 0 Å². The van der Waals surface area contributed by atoms with E-state index in [0.717, 1.165) is 17.9 Å². The maximum absolute atomic E-state index is 3.60. The minimum atomic E-state index is 0.890. The summed E-state index contributed by atoms with van der Waals surface area (Å²) in [5, 5.41) is 3.60. The Morgan fingerprint density at radius 2 is 1.61 bits per heavy atom. The average Bonchev–Trinajstić information content (AvgIpc) is 3.10. The molecular formula is C16H32N2. The number of likely N-dealkylation sites (tertiary alicyclic amines) is 1. The smallest absolute Gasteiger partial charge is 0.00682 e. The third-order valence-corrected chi connectivity index (χ3v) is 4.36. The molecule has 2 atom stereocenters. The molecule has 2 aliphatic rings. The van der Waals surface area contributed by atoms with E-state index in [-0.39, 0.29) is 0 Å². The second-order valence-electron chi connectivity index (χ2n) is 6.85. The van der Waals surface area contributed by atoms with E-state index in [9.17, 15) is 0 Å². The molecular weight excluding hydrogens is 220 g/mol. The van der Waals surface area contributed by atoms with Crippen LogP contribution in [0.15, 0.2) is 0 Å². The van der Waals surface area contributed by atoms with Gasteiger partial charge in [-0.15, -0.1) is 0 Å². The van der Waals surface area contributed by atoms with Gasteiger partial charge in [0.05, 0.1) is 0 Å². The zero-order chi connectivity index (χ0) is 12.8. The largest absolute Gasteiger partial charge is 0.314 e. The van der Waals surface area contributed by atoms with Crippen LogP contribution in [0.4, 0.5) is 0 Å². The number of nitrogens with zero attached hydrogens (tertiary/aromatic N) is 1. The average molecular weight is 252 g/mol. The van der Waals surface area contributed by atoms with Crippen molar-refractivity contribution in [1.29, 1.82) is 0 Å². The molecule has 18 heavy (non-hydrogen) atoms. The number of piperidine rings is 1. The van der Waals surface area contributed by atoms with Gasteiger partial charge in [0.2, 0.25) is 0 Å². The minimum absolute atomic E-state index is 0.890. The van der Waals surface area contributed by atoms with Gasteiger partial charge in [0.25, 0.3) is 0 Å². The Labute approximate surface area is 114 Å². The van der Waals surface area contributed by atoms with E-state index in [1.54, 1.807) is 0 Å². The Balaban J connectivity index is 1.42. The first kappa shape index (κ1) is 14.3. The first-order valence-electron chi connectivity index (χ1n) is 8.20. The molecule has 1 aliphatic heterocycles. The highest BCUT2D eigenvalue weighted by Crippen LogP contribution is 2.21. The monoisotopic (exact) mass is 252 g/mol. The van der Waals surface area contributed by atoms with Crippen molar-refractivity contribution in [2.75, 3.05) is 26.2 Å². The van der Waals surface area contributed by atoms with Gasteiger partial charge in [-0.25, -0.2) is 0 Å². The number of rotatable bonds is 8. The molecule has 1 saturated heterocycles. The maximum atomic E-state index is 3.60. The van der Waals surface area contributed by atoms with Crippen molar-refractivity contribution in [2.24, 2.45) is 11.8 Å². The molecule has 1 heterocycles. The van der Waals surface area contributed by atoms with E-state index in [1.165, 1.54) is 71.1 Å². The molecule has 0 aromatic carbocycles. The van der Waals surface area contributed by atoms with Crippen LogP contribution in [0.25, 0.3) is 0 Å². The minimum Gasteiger partial charge on any atom is -0.314 e. The van der Waals surface area contributed by atoms with Crippen LogP contribution < -0.4 is 5.32 Å². The molecule has 1 aliphatic carbocycles. The fraction of sp³-hybridized carbons (Fsp3) is 1.00. The van der Waals surface area contributed by atoms with Crippen molar-refractivity contribution < 1.29 is 0 Å². The SMILES string of the molecule is CC1CC(C)CN(CCCCCCNC2CC2)C1. The third kappa shape index (κ3) is 5.71. The Hall–Kier alpha value is -0.0800. The lowest BCUT2D eigenvalue weighted by Gasteiger charge is -2.34. The summed E-state index contributed by atoms with van der Waals surface area (Å²) < 4.78 is 0. The molecule has 1 saturated carbocycles. The van der Waals surface area contributed by atoms with Gasteiger partial charge < -0.3 is 10.2 Å². The topological polar surface area (TPSA) is 15.3 Å². The van der Waals surface area contributed by atoms with Gasteiger partial charge in [-0.2, -0.15) is 0 Å². The summed E-state index contributed by atoms with van der Waals surface area (Å²) in [6, 6.07) is 0.890. The van der Waals surface area contributed by atoms with Crippen molar-refractivity contribution in [3.05, 3.63) is 0 Å². The van der Waals surface area contributed by atoms with E-state index >= 15 is 0 Å². The van der Waals surface area contributed by atoms with Gasteiger partial charge in [0, 0.05) is 19.1 Å². The Bertz CT molecular complexity index is 215. The normalized spacial score (nSPS) is 29.7. The van der Waals surface area contributed by atoms with E-state index in [1.807, 2.05) is 0 Å². The zero-order valence-electron chi connectivity index (χ0n) is 12.5. The highest BCUT2D eigenvalue weighted by atomic mass is 15.1. The van der Waals surface area contributed by atoms with Crippen LogP contribution in [0, 0.1) is 11.8 Å². The van der Waals surface area contributed by atoms with Crippen LogP contribution in [0.1, 0.15) is 58.8 Å². The summed E-state index contributed by atoms with van der Waals surface area (Å²) in [6.45, 7) is 10.1. The molecule has 0 aromatic rings. The molecule has 2 nitrogen and oxygen atoms in total. The molecule has 2 unspecified atom stereocenters. The van der Waals surface area contributed by atoms with E-state index in [2.05, 4.69) is 24.1 Å². The van der Waals surface area contributed by atoms with Crippen molar-refractivity contribution in [3.8, 4) is 0 Å². The molecule has 2 fully saturated rings. The highest BCUT2D eigenvalue weighted by Gasteiger charge is 2.21. The molecule has 0 bridgehead atoms. The molecule has 0 spiro atoms. The third-order valence-electron chi connectivity index (χ3n) is 4.36. The quantitative estimate of drug-likeness (QED) is 0.667. The molecule has 0 radical (unpaired) electrons. The van der Waals surface area contributed by atoms with Crippen LogP contribution >= 0.6 is 0 Å². The fourth-order valence-corrected chi connectivity index (χ4v) is 3.38. The van der Waals surface area contributed by atoms with Crippen LogP contribution in [0.2, 0.25) is 0 Å². The Kier molecular flexibility index (Phi) is 5.97. The highest BCUT2D eigenvalue weighted by molar-refractivity contribution is 4.80. The predicted octanol–water partition coefficient (Wildman–Crippen LogP) is 3.28. The van der Waals surface area contributed by atoms with E-state index < -0.39 is 0 Å². The summed E-state index contributed by atoms with van der Waals surface area (Å²) in [6.07, 6.45) is 9.90. The summed E-state index contributed by atoms with van der Waals surface area (Å²) in [5.74, 6) is 1.83. The Morgan fingerprint density at radius 3 is 2.28 bits per heavy atom. The van der Waals surface area contributed by atoms with Crippen molar-refractivity contribution in [3.63, 3.8) is 0 Å². The first-order valence-corrected chi connectivity index (χ1v) is 8.20. The first-order chi connectivity index (χ1) is 8.74. The molecule has 0 aromatic heterocycles. The lowest BCUT2D eigenvalue weighted by Crippen LogP contribution is -2.39. The van der Waals surface area contributed by atoms with Gasteiger partial charge in [0.1, 0.15) is 0 Å². The van der Waals surface area contributed by atoms with Gasteiger partial charge in [-0.05, 0) is 57.0 Å². The van der Waals surface area contributed by atoms with Gasteiger partial charge in [0.15, 0.2) is 0 Å². The summed E-state index contributed by atoms with van der Waals surface area (Å²) in [5.41, 5.74) is 0. The lowest BCUT2D eigenvalue weighted by molar-refractivity contribution is 0.138. The lowest BCUT2D eigenvalue weighted by atomic mass is 9.92. The number of hydrogen-bond acceptors (Lipinski definition) is 2. The van der Waals surface area contributed by atoms with E-state index in [0.29, 0.717) is 0 Å². The summed E-state index contributed by atoms with van der Waals surface area (Å²) in [4.78, 5) is 2.70. The predicted molar refractivity (Wildman–Crippen MR) is 78.9 cm³/mol. The van der Waals surface area contributed by atoms with Crippen LogP contribution in [-0.4, -0.2) is 37.1 Å². The van der Waals surface area contributed by atoms with Crippen molar-refractivity contribution in [1.82, 2.24) is 10.2 Å². The summed E-state index contributed by atoms with van der Waals surface area (Å²) >= 11 is 0. The number of nitrogens with one attached hydrogen (secondary N) is 1. The van der Waals surface area contributed by atoms with Gasteiger partial charge >= 0.3 is 0 Å². The molecule has 2 heteroatoms. The van der Waals surface area contributed by atoms with Gasteiger partial charge in [-0.1, -0.05) is 26.7 Å². The number of unbranched alkanes of at least 4 members (excludes halogenated alkanes) is 3. The van der Waals surface area contributed by atoms with Crippen molar-refractivity contribution in [2.45, 2.75) is 64.8 Å². The maximum Gasteiger partial charge on any atom is 0.00682 e. The van der Waals surface area contributed by atoms with Crippen LogP contribution in [-0.2, 0) is 0 Å². The molecule has 106 valence electrons. The zero-order valence-corrected chi connectivity index (χ0v) is 12.5. The second-order valence-corrected chi connectivity index (χ2v) is 6.85.